The maximum Gasteiger partial charge on any atom is 0.311 e. The zero-order valence-electron chi connectivity index (χ0n) is 12.4. The average molecular weight is 294 g/mol. The second-order valence-corrected chi connectivity index (χ2v) is 5.16. The maximum atomic E-state index is 11.0. The molecule has 1 aliphatic heterocycles. The number of likely N-dealkylation sites (tertiary alicyclic amines) is 1. The standard InChI is InChI=1S/C14H22N4O3/c1-21-13-7-6-12(18(19)20)14(16-13)15-8-11-17-9-4-2-3-5-10-17/h6-7H,2-5,8-11H2,1H3,(H,15,16). The molecule has 1 N–H and O–H groups in total. The minimum atomic E-state index is -0.430. The zero-order valence-corrected chi connectivity index (χ0v) is 12.4. The van der Waals surface area contributed by atoms with Crippen LogP contribution in [-0.2, 0) is 0 Å². The highest BCUT2D eigenvalue weighted by Gasteiger charge is 2.16. The quantitative estimate of drug-likeness (QED) is 0.640. The molecule has 0 saturated carbocycles. The van der Waals surface area contributed by atoms with Crippen molar-refractivity contribution >= 4 is 11.5 Å². The van der Waals surface area contributed by atoms with Crippen molar-refractivity contribution in [3.8, 4) is 5.88 Å². The Bertz CT molecular complexity index is 473. The van der Waals surface area contributed by atoms with Gasteiger partial charge in [-0.1, -0.05) is 12.8 Å². The summed E-state index contributed by atoms with van der Waals surface area (Å²) in [5.74, 6) is 0.645. The molecule has 1 saturated heterocycles. The van der Waals surface area contributed by atoms with Gasteiger partial charge in [-0.25, -0.2) is 0 Å². The van der Waals surface area contributed by atoms with Crippen molar-refractivity contribution in [3.05, 3.63) is 22.2 Å². The topological polar surface area (TPSA) is 80.5 Å². The monoisotopic (exact) mass is 294 g/mol. The number of methoxy groups -OCH3 is 1. The van der Waals surface area contributed by atoms with Crippen LogP contribution in [0.3, 0.4) is 0 Å². The number of hydrogen-bond donors (Lipinski definition) is 1. The minimum Gasteiger partial charge on any atom is -0.481 e. The fourth-order valence-corrected chi connectivity index (χ4v) is 2.52. The van der Waals surface area contributed by atoms with Crippen molar-refractivity contribution in [2.75, 3.05) is 38.6 Å². The zero-order chi connectivity index (χ0) is 15.1. The Balaban J connectivity index is 1.93. The number of nitrogens with one attached hydrogen (secondary N) is 1. The highest BCUT2D eigenvalue weighted by molar-refractivity contribution is 5.57. The number of ether oxygens (including phenoxy) is 1. The van der Waals surface area contributed by atoms with E-state index in [9.17, 15) is 10.1 Å². The molecule has 2 heterocycles. The molecule has 0 spiro atoms. The summed E-state index contributed by atoms with van der Waals surface area (Å²) in [5, 5.41) is 14.1. The van der Waals surface area contributed by atoms with Gasteiger partial charge in [-0.15, -0.1) is 0 Å². The minimum absolute atomic E-state index is 0.0216. The van der Waals surface area contributed by atoms with Gasteiger partial charge in [0.1, 0.15) is 0 Å². The number of anilines is 1. The molecule has 1 aromatic heterocycles. The Hall–Kier alpha value is -1.89. The molecular weight excluding hydrogens is 272 g/mol. The number of hydrogen-bond acceptors (Lipinski definition) is 6. The molecule has 1 aliphatic rings. The second kappa shape index (κ2) is 7.78. The highest BCUT2D eigenvalue weighted by Crippen LogP contribution is 2.24. The van der Waals surface area contributed by atoms with E-state index in [2.05, 4.69) is 15.2 Å². The van der Waals surface area contributed by atoms with Crippen LogP contribution >= 0.6 is 0 Å². The summed E-state index contributed by atoms with van der Waals surface area (Å²) in [6.07, 6.45) is 5.06. The van der Waals surface area contributed by atoms with Crippen molar-refractivity contribution in [1.29, 1.82) is 0 Å². The van der Waals surface area contributed by atoms with Crippen LogP contribution in [0.4, 0.5) is 11.5 Å². The molecule has 0 unspecified atom stereocenters. The molecule has 2 rings (SSSR count). The lowest BCUT2D eigenvalue weighted by atomic mass is 10.2. The Kier molecular flexibility index (Phi) is 5.74. The third-order valence-electron chi connectivity index (χ3n) is 3.67. The van der Waals surface area contributed by atoms with E-state index in [-0.39, 0.29) is 11.5 Å². The predicted molar refractivity (Wildman–Crippen MR) is 80.8 cm³/mol. The maximum absolute atomic E-state index is 11.0. The molecule has 116 valence electrons. The molecule has 0 aromatic carbocycles. The predicted octanol–water partition coefficient (Wildman–Crippen LogP) is 2.29. The van der Waals surface area contributed by atoms with E-state index in [1.54, 1.807) is 0 Å². The van der Waals surface area contributed by atoms with E-state index >= 15 is 0 Å². The average Bonchev–Trinajstić information content (AvgIpc) is 2.75. The molecule has 1 aromatic rings. The molecule has 0 amide bonds. The first-order chi connectivity index (χ1) is 10.2. The first-order valence-corrected chi connectivity index (χ1v) is 7.36. The molecule has 7 heteroatoms. The van der Waals surface area contributed by atoms with Crippen molar-refractivity contribution in [2.24, 2.45) is 0 Å². The van der Waals surface area contributed by atoms with E-state index < -0.39 is 4.92 Å². The van der Waals surface area contributed by atoms with Gasteiger partial charge in [0.15, 0.2) is 0 Å². The molecule has 0 radical (unpaired) electrons. The van der Waals surface area contributed by atoms with Crippen LogP contribution in [-0.4, -0.2) is 48.1 Å². The van der Waals surface area contributed by atoms with Gasteiger partial charge in [-0.3, -0.25) is 10.1 Å². The highest BCUT2D eigenvalue weighted by atomic mass is 16.6. The fraction of sp³-hybridized carbons (Fsp3) is 0.643. The molecule has 0 bridgehead atoms. The summed E-state index contributed by atoms with van der Waals surface area (Å²) in [5.41, 5.74) is -0.0216. The Labute approximate surface area is 124 Å². The van der Waals surface area contributed by atoms with E-state index in [1.165, 1.54) is 44.9 Å². The lowest BCUT2D eigenvalue weighted by Crippen LogP contribution is -2.30. The number of nitrogens with zero attached hydrogens (tertiary/aromatic N) is 3. The lowest BCUT2D eigenvalue weighted by Gasteiger charge is -2.19. The third kappa shape index (κ3) is 4.56. The normalized spacial score (nSPS) is 16.2. The number of nitro groups is 1. The van der Waals surface area contributed by atoms with E-state index in [4.69, 9.17) is 4.74 Å². The van der Waals surface area contributed by atoms with Crippen molar-refractivity contribution in [3.63, 3.8) is 0 Å². The molecule has 0 atom stereocenters. The summed E-state index contributed by atoms with van der Waals surface area (Å²) < 4.78 is 5.02. The third-order valence-corrected chi connectivity index (χ3v) is 3.67. The summed E-state index contributed by atoms with van der Waals surface area (Å²) in [4.78, 5) is 17.1. The van der Waals surface area contributed by atoms with Crippen molar-refractivity contribution in [2.45, 2.75) is 25.7 Å². The van der Waals surface area contributed by atoms with Crippen LogP contribution in [0.5, 0.6) is 5.88 Å². The Morgan fingerprint density at radius 2 is 2.05 bits per heavy atom. The van der Waals surface area contributed by atoms with E-state index in [0.29, 0.717) is 12.4 Å². The van der Waals surface area contributed by atoms with Crippen LogP contribution in [0.1, 0.15) is 25.7 Å². The fourth-order valence-electron chi connectivity index (χ4n) is 2.52. The van der Waals surface area contributed by atoms with Gasteiger partial charge in [-0.2, -0.15) is 4.98 Å². The summed E-state index contributed by atoms with van der Waals surface area (Å²) in [7, 11) is 1.50. The second-order valence-electron chi connectivity index (χ2n) is 5.16. The summed E-state index contributed by atoms with van der Waals surface area (Å²) in [6, 6.07) is 2.91. The first-order valence-electron chi connectivity index (χ1n) is 7.36. The van der Waals surface area contributed by atoms with Crippen molar-refractivity contribution < 1.29 is 9.66 Å². The van der Waals surface area contributed by atoms with Crippen molar-refractivity contribution in [1.82, 2.24) is 9.88 Å². The van der Waals surface area contributed by atoms with Gasteiger partial charge in [0, 0.05) is 25.2 Å². The van der Waals surface area contributed by atoms with Gasteiger partial charge >= 0.3 is 5.69 Å². The Morgan fingerprint density at radius 1 is 1.33 bits per heavy atom. The number of aromatic nitrogens is 1. The molecule has 21 heavy (non-hydrogen) atoms. The molecule has 7 nitrogen and oxygen atoms in total. The van der Waals surface area contributed by atoms with Gasteiger partial charge in [0.25, 0.3) is 0 Å². The van der Waals surface area contributed by atoms with Crippen LogP contribution < -0.4 is 10.1 Å². The molecular formula is C14H22N4O3. The Morgan fingerprint density at radius 3 is 2.67 bits per heavy atom. The van der Waals surface area contributed by atoms with Crippen LogP contribution in [0, 0.1) is 10.1 Å². The lowest BCUT2D eigenvalue weighted by molar-refractivity contribution is -0.384. The van der Waals surface area contributed by atoms with E-state index in [1.807, 2.05) is 0 Å². The summed E-state index contributed by atoms with van der Waals surface area (Å²) in [6.45, 7) is 3.72. The smallest absolute Gasteiger partial charge is 0.311 e. The van der Waals surface area contributed by atoms with Gasteiger partial charge in [0.2, 0.25) is 11.7 Å². The summed E-state index contributed by atoms with van der Waals surface area (Å²) >= 11 is 0. The van der Waals surface area contributed by atoms with Gasteiger partial charge < -0.3 is 15.0 Å². The largest absolute Gasteiger partial charge is 0.481 e. The number of pyridine rings is 1. The van der Waals surface area contributed by atoms with Crippen LogP contribution in [0.2, 0.25) is 0 Å². The molecule has 0 aliphatic carbocycles. The van der Waals surface area contributed by atoms with Crippen LogP contribution in [0.25, 0.3) is 0 Å². The number of rotatable bonds is 6. The first kappa shape index (κ1) is 15.5. The van der Waals surface area contributed by atoms with Gasteiger partial charge in [-0.05, 0) is 25.9 Å². The SMILES string of the molecule is COc1ccc([N+](=O)[O-])c(NCCN2CCCCCC2)n1. The van der Waals surface area contributed by atoms with E-state index in [0.717, 1.165) is 19.6 Å². The van der Waals surface area contributed by atoms with Crippen LogP contribution in [0.15, 0.2) is 12.1 Å². The van der Waals surface area contributed by atoms with Gasteiger partial charge in [0.05, 0.1) is 12.0 Å². The molecule has 1 fully saturated rings.